The van der Waals surface area contributed by atoms with E-state index in [2.05, 4.69) is 52.0 Å². The monoisotopic (exact) mass is 254 g/mol. The molecule has 0 heterocycles. The number of rotatable bonds is 6. The SMILES string of the molecule is CCNC(C(C)CC)C1(N(C)C)CCCC(C)C1. The third kappa shape index (κ3) is 3.27. The van der Waals surface area contributed by atoms with E-state index in [0.717, 1.165) is 18.4 Å². The van der Waals surface area contributed by atoms with E-state index in [1.165, 1.54) is 32.1 Å². The Hall–Kier alpha value is -0.0800. The van der Waals surface area contributed by atoms with Crippen molar-refractivity contribution >= 4 is 0 Å². The normalized spacial score (nSPS) is 32.5. The second kappa shape index (κ2) is 6.91. The molecular weight excluding hydrogens is 220 g/mol. The highest BCUT2D eigenvalue weighted by Crippen LogP contribution is 2.40. The fraction of sp³-hybridized carbons (Fsp3) is 1.00. The largest absolute Gasteiger partial charge is 0.312 e. The van der Waals surface area contributed by atoms with Gasteiger partial charge in [0.1, 0.15) is 0 Å². The van der Waals surface area contributed by atoms with Gasteiger partial charge < -0.3 is 10.2 Å². The first-order valence-corrected chi connectivity index (χ1v) is 7.88. The zero-order valence-corrected chi connectivity index (χ0v) is 13.4. The zero-order chi connectivity index (χ0) is 13.8. The van der Waals surface area contributed by atoms with E-state index in [4.69, 9.17) is 0 Å². The summed E-state index contributed by atoms with van der Waals surface area (Å²) in [5.74, 6) is 1.61. The molecule has 2 nitrogen and oxygen atoms in total. The summed E-state index contributed by atoms with van der Waals surface area (Å²) in [5.41, 5.74) is 0.364. The van der Waals surface area contributed by atoms with E-state index in [9.17, 15) is 0 Å². The van der Waals surface area contributed by atoms with Gasteiger partial charge in [-0.1, -0.05) is 47.0 Å². The van der Waals surface area contributed by atoms with Crippen LogP contribution in [0.5, 0.6) is 0 Å². The molecule has 0 aliphatic heterocycles. The van der Waals surface area contributed by atoms with Gasteiger partial charge in [0.15, 0.2) is 0 Å². The van der Waals surface area contributed by atoms with Gasteiger partial charge in [-0.15, -0.1) is 0 Å². The quantitative estimate of drug-likeness (QED) is 0.780. The van der Waals surface area contributed by atoms with Crippen LogP contribution >= 0.6 is 0 Å². The fourth-order valence-corrected chi connectivity index (χ4v) is 3.91. The Morgan fingerprint density at radius 1 is 1.33 bits per heavy atom. The van der Waals surface area contributed by atoms with Crippen LogP contribution in [0.25, 0.3) is 0 Å². The molecule has 0 radical (unpaired) electrons. The van der Waals surface area contributed by atoms with Crippen molar-refractivity contribution in [2.24, 2.45) is 11.8 Å². The highest BCUT2D eigenvalue weighted by molar-refractivity contribution is 5.03. The Bertz CT molecular complexity index is 239. The Morgan fingerprint density at radius 3 is 2.44 bits per heavy atom. The summed E-state index contributed by atoms with van der Waals surface area (Å²) >= 11 is 0. The molecular formula is C16H34N2. The molecule has 1 fully saturated rings. The first kappa shape index (κ1) is 16.0. The molecule has 2 heteroatoms. The van der Waals surface area contributed by atoms with Crippen LogP contribution in [0.15, 0.2) is 0 Å². The molecule has 0 amide bonds. The van der Waals surface area contributed by atoms with Crippen molar-refractivity contribution in [2.75, 3.05) is 20.6 Å². The van der Waals surface area contributed by atoms with Gasteiger partial charge in [0, 0.05) is 11.6 Å². The maximum absolute atomic E-state index is 3.80. The molecule has 108 valence electrons. The van der Waals surface area contributed by atoms with E-state index >= 15 is 0 Å². The van der Waals surface area contributed by atoms with Crippen molar-refractivity contribution in [3.05, 3.63) is 0 Å². The fourth-order valence-electron chi connectivity index (χ4n) is 3.91. The summed E-state index contributed by atoms with van der Waals surface area (Å²) in [6.07, 6.45) is 6.77. The Balaban J connectivity index is 2.98. The summed E-state index contributed by atoms with van der Waals surface area (Å²) in [5, 5.41) is 3.80. The van der Waals surface area contributed by atoms with Gasteiger partial charge >= 0.3 is 0 Å². The number of likely N-dealkylation sites (N-methyl/N-ethyl adjacent to an activating group) is 2. The maximum atomic E-state index is 3.80. The van der Waals surface area contributed by atoms with E-state index in [-0.39, 0.29) is 0 Å². The molecule has 1 rings (SSSR count). The first-order valence-electron chi connectivity index (χ1n) is 7.88. The van der Waals surface area contributed by atoms with Crippen molar-refractivity contribution in [2.45, 2.75) is 71.4 Å². The number of hydrogen-bond donors (Lipinski definition) is 1. The summed E-state index contributed by atoms with van der Waals surface area (Å²) in [6.45, 7) is 10.5. The summed E-state index contributed by atoms with van der Waals surface area (Å²) in [7, 11) is 4.56. The van der Waals surface area contributed by atoms with Crippen LogP contribution in [0.3, 0.4) is 0 Å². The van der Waals surface area contributed by atoms with Crippen LogP contribution in [0, 0.1) is 11.8 Å². The van der Waals surface area contributed by atoms with Crippen LogP contribution < -0.4 is 5.32 Å². The lowest BCUT2D eigenvalue weighted by Crippen LogP contribution is -2.63. The number of nitrogens with one attached hydrogen (secondary N) is 1. The van der Waals surface area contributed by atoms with Gasteiger partial charge in [-0.2, -0.15) is 0 Å². The third-order valence-electron chi connectivity index (χ3n) is 5.12. The molecule has 1 saturated carbocycles. The van der Waals surface area contributed by atoms with Crippen LogP contribution in [0.2, 0.25) is 0 Å². The lowest BCUT2D eigenvalue weighted by molar-refractivity contribution is 0.0183. The third-order valence-corrected chi connectivity index (χ3v) is 5.12. The smallest absolute Gasteiger partial charge is 0.0361 e. The molecule has 0 aromatic heterocycles. The van der Waals surface area contributed by atoms with Crippen molar-refractivity contribution in [1.29, 1.82) is 0 Å². The van der Waals surface area contributed by atoms with Gasteiger partial charge in [0.05, 0.1) is 0 Å². The lowest BCUT2D eigenvalue weighted by atomic mass is 9.68. The molecule has 0 aromatic rings. The predicted octanol–water partition coefficient (Wildman–Crippen LogP) is 3.52. The van der Waals surface area contributed by atoms with Gasteiger partial charge in [-0.05, 0) is 45.3 Å². The highest BCUT2D eigenvalue weighted by atomic mass is 15.2. The first-order chi connectivity index (χ1) is 8.47. The Kier molecular flexibility index (Phi) is 6.13. The molecule has 1 aliphatic carbocycles. The molecule has 0 aromatic carbocycles. The predicted molar refractivity (Wildman–Crippen MR) is 81.0 cm³/mol. The van der Waals surface area contributed by atoms with Gasteiger partial charge in [0.2, 0.25) is 0 Å². The van der Waals surface area contributed by atoms with E-state index in [0.29, 0.717) is 11.6 Å². The van der Waals surface area contributed by atoms with Crippen molar-refractivity contribution in [3.8, 4) is 0 Å². The average Bonchev–Trinajstić information content (AvgIpc) is 2.34. The van der Waals surface area contributed by atoms with Gasteiger partial charge in [-0.3, -0.25) is 0 Å². The van der Waals surface area contributed by atoms with E-state index in [1.54, 1.807) is 0 Å². The van der Waals surface area contributed by atoms with Crippen LogP contribution in [-0.4, -0.2) is 37.1 Å². The van der Waals surface area contributed by atoms with Crippen molar-refractivity contribution in [3.63, 3.8) is 0 Å². The Labute approximate surface area is 115 Å². The standard InChI is InChI=1S/C16H34N2/c1-7-14(4)15(17-8-2)16(18(5)6)11-9-10-13(3)12-16/h13-15,17H,7-12H2,1-6H3. The van der Waals surface area contributed by atoms with Crippen LogP contribution in [0.4, 0.5) is 0 Å². The summed E-state index contributed by atoms with van der Waals surface area (Å²) in [4.78, 5) is 2.52. The molecule has 0 bridgehead atoms. The topological polar surface area (TPSA) is 15.3 Å². The van der Waals surface area contributed by atoms with E-state index in [1.807, 2.05) is 0 Å². The van der Waals surface area contributed by atoms with Crippen LogP contribution in [-0.2, 0) is 0 Å². The molecule has 18 heavy (non-hydrogen) atoms. The summed E-state index contributed by atoms with van der Waals surface area (Å²) in [6, 6.07) is 0.630. The van der Waals surface area contributed by atoms with Crippen molar-refractivity contribution < 1.29 is 0 Å². The van der Waals surface area contributed by atoms with Gasteiger partial charge in [0.25, 0.3) is 0 Å². The second-order valence-electron chi connectivity index (χ2n) is 6.62. The molecule has 0 spiro atoms. The number of nitrogens with zero attached hydrogens (tertiary/aromatic N) is 1. The van der Waals surface area contributed by atoms with Gasteiger partial charge in [-0.25, -0.2) is 0 Å². The lowest BCUT2D eigenvalue weighted by Gasteiger charge is -2.52. The zero-order valence-electron chi connectivity index (χ0n) is 13.4. The molecule has 4 unspecified atom stereocenters. The van der Waals surface area contributed by atoms with Crippen LogP contribution in [0.1, 0.15) is 59.8 Å². The maximum Gasteiger partial charge on any atom is 0.0361 e. The van der Waals surface area contributed by atoms with E-state index < -0.39 is 0 Å². The summed E-state index contributed by atoms with van der Waals surface area (Å²) < 4.78 is 0. The minimum absolute atomic E-state index is 0.364. The average molecular weight is 254 g/mol. The molecule has 4 atom stereocenters. The molecule has 1 aliphatic rings. The minimum Gasteiger partial charge on any atom is -0.312 e. The number of hydrogen-bond acceptors (Lipinski definition) is 2. The van der Waals surface area contributed by atoms with Crippen molar-refractivity contribution in [1.82, 2.24) is 10.2 Å². The molecule has 0 saturated heterocycles. The molecule has 1 N–H and O–H groups in total. The minimum atomic E-state index is 0.364. The highest BCUT2D eigenvalue weighted by Gasteiger charge is 2.44. The second-order valence-corrected chi connectivity index (χ2v) is 6.62. The Morgan fingerprint density at radius 2 is 2.00 bits per heavy atom.